The van der Waals surface area contributed by atoms with Gasteiger partial charge in [0.25, 0.3) is 0 Å². The van der Waals surface area contributed by atoms with Gasteiger partial charge in [0.1, 0.15) is 11.9 Å². The Morgan fingerprint density at radius 2 is 1.84 bits per heavy atom. The lowest BCUT2D eigenvalue weighted by atomic mass is 9.98. The van der Waals surface area contributed by atoms with Crippen molar-refractivity contribution in [1.82, 2.24) is 14.9 Å². The maximum Gasteiger partial charge on any atom is 0.243 e. The van der Waals surface area contributed by atoms with Crippen LogP contribution < -0.4 is 10.0 Å². The maximum absolute atomic E-state index is 13.2. The van der Waals surface area contributed by atoms with Crippen molar-refractivity contribution in [2.45, 2.75) is 70.0 Å². The Kier molecular flexibility index (Phi) is 8.78. The molecule has 1 fully saturated rings. The normalized spacial score (nSPS) is 17.9. The van der Waals surface area contributed by atoms with Crippen LogP contribution in [0.5, 0.6) is 0 Å². The Morgan fingerprint density at radius 3 is 2.34 bits per heavy atom. The van der Waals surface area contributed by atoms with Crippen molar-refractivity contribution in [3.63, 3.8) is 0 Å². The molecule has 0 aliphatic carbocycles. The summed E-state index contributed by atoms with van der Waals surface area (Å²) in [5.74, 6) is -1.61. The highest BCUT2D eigenvalue weighted by molar-refractivity contribution is 7.89. The summed E-state index contributed by atoms with van der Waals surface area (Å²) in [6.45, 7) is 9.49. The fourth-order valence-electron chi connectivity index (χ4n) is 3.58. The molecule has 0 bridgehead atoms. The summed E-state index contributed by atoms with van der Waals surface area (Å²) in [7, 11) is -4.02. The molecule has 2 amide bonds. The smallest absolute Gasteiger partial charge is 0.243 e. The molecule has 1 saturated heterocycles. The monoisotopic (exact) mass is 471 g/mol. The average molecular weight is 472 g/mol. The summed E-state index contributed by atoms with van der Waals surface area (Å²) in [5.41, 5.74) is -0.493. The standard InChI is InChI=1S/C22H34FN3O5S/c1-15(2)20(21(28)25-22(3,4)5)26(14-17-7-6-12-31-17)19(27)13-24-32(29,30)18-10-8-16(23)9-11-18/h8-11,15,17,20,24H,6-7,12-14H2,1-5H3,(H,25,28). The summed E-state index contributed by atoms with van der Waals surface area (Å²) < 4.78 is 46.1. The van der Waals surface area contributed by atoms with Gasteiger partial charge in [0.05, 0.1) is 17.5 Å². The lowest BCUT2D eigenvalue weighted by Gasteiger charge is -2.36. The highest BCUT2D eigenvalue weighted by Crippen LogP contribution is 2.19. The van der Waals surface area contributed by atoms with Crippen molar-refractivity contribution >= 4 is 21.8 Å². The van der Waals surface area contributed by atoms with Gasteiger partial charge in [-0.3, -0.25) is 9.59 Å². The molecule has 1 aromatic rings. The molecule has 32 heavy (non-hydrogen) atoms. The van der Waals surface area contributed by atoms with E-state index in [-0.39, 0.29) is 29.4 Å². The van der Waals surface area contributed by atoms with Crippen molar-refractivity contribution in [3.05, 3.63) is 30.1 Å². The van der Waals surface area contributed by atoms with E-state index in [9.17, 15) is 22.4 Å². The first kappa shape index (κ1) is 26.2. The van der Waals surface area contributed by atoms with E-state index >= 15 is 0 Å². The van der Waals surface area contributed by atoms with Crippen molar-refractivity contribution in [2.75, 3.05) is 19.7 Å². The van der Waals surface area contributed by atoms with E-state index in [2.05, 4.69) is 10.0 Å². The Balaban J connectivity index is 2.22. The van der Waals surface area contributed by atoms with Gasteiger partial charge in [-0.2, -0.15) is 0 Å². The number of carbonyl (C=O) groups excluding carboxylic acids is 2. The largest absolute Gasteiger partial charge is 0.376 e. The predicted molar refractivity (Wildman–Crippen MR) is 119 cm³/mol. The fraction of sp³-hybridized carbons (Fsp3) is 0.636. The molecule has 2 rings (SSSR count). The second-order valence-corrected chi connectivity index (χ2v) is 11.2. The van der Waals surface area contributed by atoms with Gasteiger partial charge in [-0.05, 0) is 63.8 Å². The molecule has 2 N–H and O–H groups in total. The number of nitrogens with one attached hydrogen (secondary N) is 2. The van der Waals surface area contributed by atoms with E-state index in [4.69, 9.17) is 4.74 Å². The predicted octanol–water partition coefficient (Wildman–Crippen LogP) is 2.05. The zero-order chi connectivity index (χ0) is 24.1. The summed E-state index contributed by atoms with van der Waals surface area (Å²) in [5, 5.41) is 2.92. The van der Waals surface area contributed by atoms with Gasteiger partial charge < -0.3 is 15.0 Å². The molecule has 8 nitrogen and oxygen atoms in total. The van der Waals surface area contributed by atoms with E-state index in [0.29, 0.717) is 6.61 Å². The van der Waals surface area contributed by atoms with Crippen LogP contribution in [0.4, 0.5) is 4.39 Å². The van der Waals surface area contributed by atoms with E-state index in [0.717, 1.165) is 37.1 Å². The zero-order valence-corrected chi connectivity index (χ0v) is 20.2. The van der Waals surface area contributed by atoms with E-state index in [1.165, 1.54) is 4.90 Å². The van der Waals surface area contributed by atoms with Crippen LogP contribution >= 0.6 is 0 Å². The SMILES string of the molecule is CC(C)C(C(=O)NC(C)(C)C)N(CC1CCCO1)C(=O)CNS(=O)(=O)c1ccc(F)cc1. The van der Waals surface area contributed by atoms with Crippen LogP contribution in [0.1, 0.15) is 47.5 Å². The fourth-order valence-corrected chi connectivity index (χ4v) is 4.56. The summed E-state index contributed by atoms with van der Waals surface area (Å²) in [6.07, 6.45) is 1.41. The van der Waals surface area contributed by atoms with Crippen LogP contribution in [0.3, 0.4) is 0 Å². The molecule has 0 saturated carbocycles. The second-order valence-electron chi connectivity index (χ2n) is 9.39. The summed E-state index contributed by atoms with van der Waals surface area (Å²) in [6, 6.07) is 3.53. The molecule has 0 aromatic heterocycles. The first-order valence-corrected chi connectivity index (χ1v) is 12.3. The second kappa shape index (κ2) is 10.7. The minimum absolute atomic E-state index is 0.150. The molecule has 2 atom stereocenters. The molecule has 1 aliphatic rings. The van der Waals surface area contributed by atoms with Crippen molar-refractivity contribution in [2.24, 2.45) is 5.92 Å². The summed E-state index contributed by atoms with van der Waals surface area (Å²) >= 11 is 0. The van der Waals surface area contributed by atoms with Crippen LogP contribution in [0.15, 0.2) is 29.2 Å². The third-order valence-electron chi connectivity index (χ3n) is 5.02. The van der Waals surface area contributed by atoms with Gasteiger partial charge in [-0.25, -0.2) is 17.5 Å². The molecule has 1 aromatic carbocycles. The first-order chi connectivity index (χ1) is 14.8. The number of benzene rings is 1. The molecule has 0 spiro atoms. The minimum atomic E-state index is -4.02. The molecule has 2 unspecified atom stereocenters. The number of sulfonamides is 1. The number of hydrogen-bond acceptors (Lipinski definition) is 5. The lowest BCUT2D eigenvalue weighted by Crippen LogP contribution is -2.58. The van der Waals surface area contributed by atoms with Gasteiger partial charge in [-0.15, -0.1) is 0 Å². The summed E-state index contributed by atoms with van der Waals surface area (Å²) in [4.78, 5) is 27.5. The van der Waals surface area contributed by atoms with Crippen molar-refractivity contribution in [1.29, 1.82) is 0 Å². The highest BCUT2D eigenvalue weighted by atomic mass is 32.2. The van der Waals surface area contributed by atoms with Crippen LogP contribution in [0.2, 0.25) is 0 Å². The van der Waals surface area contributed by atoms with Crippen molar-refractivity contribution in [3.8, 4) is 0 Å². The van der Waals surface area contributed by atoms with Gasteiger partial charge in [-0.1, -0.05) is 13.8 Å². The zero-order valence-electron chi connectivity index (χ0n) is 19.4. The third kappa shape index (κ3) is 7.53. The topological polar surface area (TPSA) is 105 Å². The Morgan fingerprint density at radius 1 is 1.22 bits per heavy atom. The van der Waals surface area contributed by atoms with Crippen LogP contribution in [-0.2, 0) is 24.3 Å². The molecular formula is C22H34FN3O5S. The van der Waals surface area contributed by atoms with Crippen LogP contribution in [0.25, 0.3) is 0 Å². The molecule has 1 aliphatic heterocycles. The van der Waals surface area contributed by atoms with Crippen molar-refractivity contribution < 1.29 is 27.1 Å². The molecular weight excluding hydrogens is 437 g/mol. The minimum Gasteiger partial charge on any atom is -0.376 e. The number of amides is 2. The van der Waals surface area contributed by atoms with E-state index in [1.807, 2.05) is 34.6 Å². The quantitative estimate of drug-likeness (QED) is 0.574. The van der Waals surface area contributed by atoms with Gasteiger partial charge in [0, 0.05) is 18.7 Å². The van der Waals surface area contributed by atoms with E-state index in [1.54, 1.807) is 0 Å². The Labute approximate surface area is 189 Å². The van der Waals surface area contributed by atoms with Gasteiger partial charge in [0.2, 0.25) is 21.8 Å². The van der Waals surface area contributed by atoms with Crippen LogP contribution in [0, 0.1) is 11.7 Å². The first-order valence-electron chi connectivity index (χ1n) is 10.8. The number of carbonyl (C=O) groups is 2. The molecule has 180 valence electrons. The Bertz CT molecular complexity index is 891. The molecule has 1 heterocycles. The number of nitrogens with zero attached hydrogens (tertiary/aromatic N) is 1. The average Bonchev–Trinajstić information content (AvgIpc) is 3.17. The lowest BCUT2D eigenvalue weighted by molar-refractivity contribution is -0.143. The maximum atomic E-state index is 13.2. The number of hydrogen-bond donors (Lipinski definition) is 2. The van der Waals surface area contributed by atoms with Crippen LogP contribution in [-0.4, -0.2) is 62.5 Å². The Hall–Kier alpha value is -2.04. The number of rotatable bonds is 9. The third-order valence-corrected chi connectivity index (χ3v) is 6.43. The molecule has 10 heteroatoms. The van der Waals surface area contributed by atoms with Gasteiger partial charge in [0.15, 0.2) is 0 Å². The highest BCUT2D eigenvalue weighted by Gasteiger charge is 2.36. The number of halogens is 1. The van der Waals surface area contributed by atoms with E-state index < -0.39 is 39.9 Å². The molecule has 0 radical (unpaired) electrons. The number of ether oxygens (including phenoxy) is 1. The van der Waals surface area contributed by atoms with Gasteiger partial charge >= 0.3 is 0 Å².